The van der Waals surface area contributed by atoms with E-state index in [9.17, 15) is 9.59 Å². The summed E-state index contributed by atoms with van der Waals surface area (Å²) in [6, 6.07) is 5.43. The Morgan fingerprint density at radius 3 is 2.86 bits per heavy atom. The van der Waals surface area contributed by atoms with Gasteiger partial charge in [-0.25, -0.2) is 0 Å². The van der Waals surface area contributed by atoms with Crippen LogP contribution in [0.15, 0.2) is 23.1 Å². The van der Waals surface area contributed by atoms with Crippen molar-refractivity contribution in [1.82, 2.24) is 4.90 Å². The second kappa shape index (κ2) is 6.50. The Morgan fingerprint density at radius 2 is 2.14 bits per heavy atom. The van der Waals surface area contributed by atoms with E-state index in [-0.39, 0.29) is 23.5 Å². The van der Waals surface area contributed by atoms with Gasteiger partial charge in [0.15, 0.2) is 0 Å². The van der Waals surface area contributed by atoms with Crippen molar-refractivity contribution in [2.24, 2.45) is 5.92 Å². The Balaban J connectivity index is 1.64. The number of carbonyl (C=O) groups excluding carboxylic acids is 2. The summed E-state index contributed by atoms with van der Waals surface area (Å²) in [5.41, 5.74) is 0.734. The van der Waals surface area contributed by atoms with Crippen molar-refractivity contribution < 1.29 is 9.59 Å². The van der Waals surface area contributed by atoms with E-state index in [1.807, 2.05) is 11.0 Å². The molecule has 2 aliphatic rings. The number of benzene rings is 1. The van der Waals surface area contributed by atoms with Crippen LogP contribution in [-0.2, 0) is 9.59 Å². The molecule has 2 heterocycles. The third-order valence-electron chi connectivity index (χ3n) is 4.26. The fraction of sp³-hybridized carbons (Fsp3) is 0.500. The van der Waals surface area contributed by atoms with Crippen molar-refractivity contribution in [3.63, 3.8) is 0 Å². The van der Waals surface area contributed by atoms with Gasteiger partial charge in [0.05, 0.1) is 10.9 Å². The molecule has 0 aliphatic carbocycles. The molecule has 1 fully saturated rings. The van der Waals surface area contributed by atoms with Gasteiger partial charge in [0.1, 0.15) is 0 Å². The Labute approximate surface area is 139 Å². The molecule has 1 aromatic carbocycles. The minimum Gasteiger partial charge on any atom is -0.343 e. The lowest BCUT2D eigenvalue weighted by atomic mass is 9.99. The summed E-state index contributed by atoms with van der Waals surface area (Å²) < 4.78 is 0. The first kappa shape index (κ1) is 15.7. The summed E-state index contributed by atoms with van der Waals surface area (Å²) in [6.07, 6.45) is 2.36. The molecule has 6 heteroatoms. The number of piperidine rings is 1. The highest BCUT2D eigenvalue weighted by Gasteiger charge is 2.31. The molecule has 0 spiro atoms. The number of nitrogens with zero attached hydrogens (tertiary/aromatic N) is 1. The zero-order valence-corrected chi connectivity index (χ0v) is 14.0. The smallest absolute Gasteiger partial charge is 0.238 e. The molecule has 0 radical (unpaired) electrons. The molecular formula is C16H19ClN2O2S. The summed E-state index contributed by atoms with van der Waals surface area (Å²) in [4.78, 5) is 27.4. The minimum atomic E-state index is -0.361. The molecule has 1 unspecified atom stereocenters. The van der Waals surface area contributed by atoms with E-state index in [0.29, 0.717) is 10.9 Å². The van der Waals surface area contributed by atoms with Crippen LogP contribution >= 0.6 is 23.4 Å². The van der Waals surface area contributed by atoms with E-state index in [1.54, 1.807) is 12.1 Å². The van der Waals surface area contributed by atoms with Gasteiger partial charge in [-0.2, -0.15) is 0 Å². The molecule has 22 heavy (non-hydrogen) atoms. The first-order valence-electron chi connectivity index (χ1n) is 7.58. The van der Waals surface area contributed by atoms with Gasteiger partial charge in [0.2, 0.25) is 11.8 Å². The van der Waals surface area contributed by atoms with Crippen molar-refractivity contribution in [2.45, 2.75) is 36.3 Å². The van der Waals surface area contributed by atoms with Crippen molar-refractivity contribution in [2.75, 3.05) is 18.4 Å². The molecule has 1 N–H and O–H groups in total. The SMILES string of the molecule is CC1CCN(C(=O)CC2Sc3ccc(Cl)cc3NC2=O)CC1. The molecule has 2 aliphatic heterocycles. The maximum Gasteiger partial charge on any atom is 0.238 e. The van der Waals surface area contributed by atoms with Gasteiger partial charge < -0.3 is 10.2 Å². The fourth-order valence-corrected chi connectivity index (χ4v) is 4.06. The number of hydrogen-bond donors (Lipinski definition) is 1. The highest BCUT2D eigenvalue weighted by molar-refractivity contribution is 8.01. The summed E-state index contributed by atoms with van der Waals surface area (Å²) in [5, 5.41) is 3.08. The minimum absolute atomic E-state index is 0.0805. The van der Waals surface area contributed by atoms with E-state index < -0.39 is 0 Å². The molecule has 0 saturated carbocycles. The molecule has 2 amide bonds. The van der Waals surface area contributed by atoms with Crippen LogP contribution in [0.1, 0.15) is 26.2 Å². The normalized spacial score (nSPS) is 22.2. The second-order valence-electron chi connectivity index (χ2n) is 6.00. The Hall–Kier alpha value is -1.20. The van der Waals surface area contributed by atoms with Gasteiger partial charge >= 0.3 is 0 Å². The highest BCUT2D eigenvalue weighted by atomic mass is 35.5. The third-order valence-corrected chi connectivity index (χ3v) is 5.77. The van der Waals surface area contributed by atoms with Crippen LogP contribution in [0.25, 0.3) is 0 Å². The molecule has 1 atom stereocenters. The fourth-order valence-electron chi connectivity index (χ4n) is 2.80. The second-order valence-corrected chi connectivity index (χ2v) is 7.68. The molecule has 4 nitrogen and oxygen atoms in total. The van der Waals surface area contributed by atoms with Crippen LogP contribution in [0, 0.1) is 5.92 Å². The number of anilines is 1. The Kier molecular flexibility index (Phi) is 4.64. The number of likely N-dealkylation sites (tertiary alicyclic amines) is 1. The molecule has 3 rings (SSSR count). The monoisotopic (exact) mass is 338 g/mol. The van der Waals surface area contributed by atoms with Gasteiger partial charge in [0, 0.05) is 29.4 Å². The van der Waals surface area contributed by atoms with Crippen LogP contribution < -0.4 is 5.32 Å². The van der Waals surface area contributed by atoms with E-state index in [4.69, 9.17) is 11.6 Å². The molecule has 0 bridgehead atoms. The average molecular weight is 339 g/mol. The van der Waals surface area contributed by atoms with E-state index in [2.05, 4.69) is 12.2 Å². The Bertz CT molecular complexity index is 600. The number of hydrogen-bond acceptors (Lipinski definition) is 3. The maximum atomic E-state index is 12.4. The molecule has 1 saturated heterocycles. The lowest BCUT2D eigenvalue weighted by Gasteiger charge is -2.32. The molecule has 118 valence electrons. The first-order chi connectivity index (χ1) is 10.5. The van der Waals surface area contributed by atoms with Gasteiger partial charge in [-0.15, -0.1) is 11.8 Å². The summed E-state index contributed by atoms with van der Waals surface area (Å²) >= 11 is 7.39. The van der Waals surface area contributed by atoms with Crippen molar-refractivity contribution in [1.29, 1.82) is 0 Å². The van der Waals surface area contributed by atoms with Crippen LogP contribution in [-0.4, -0.2) is 35.1 Å². The molecule has 1 aromatic rings. The average Bonchev–Trinajstić information content (AvgIpc) is 2.49. The number of fused-ring (bicyclic) bond motifs is 1. The number of nitrogens with one attached hydrogen (secondary N) is 1. The largest absolute Gasteiger partial charge is 0.343 e. The number of carbonyl (C=O) groups is 2. The summed E-state index contributed by atoms with van der Waals surface area (Å²) in [6.45, 7) is 3.84. The Morgan fingerprint density at radius 1 is 1.41 bits per heavy atom. The van der Waals surface area contributed by atoms with Crippen LogP contribution in [0.3, 0.4) is 0 Å². The number of halogens is 1. The van der Waals surface area contributed by atoms with Gasteiger partial charge in [-0.1, -0.05) is 18.5 Å². The van der Waals surface area contributed by atoms with E-state index >= 15 is 0 Å². The first-order valence-corrected chi connectivity index (χ1v) is 8.83. The predicted octanol–water partition coefficient (Wildman–Crippen LogP) is 3.40. The number of amides is 2. The molecular weight excluding hydrogens is 320 g/mol. The lowest BCUT2D eigenvalue weighted by Crippen LogP contribution is -2.41. The third kappa shape index (κ3) is 3.41. The summed E-state index contributed by atoms with van der Waals surface area (Å²) in [7, 11) is 0. The van der Waals surface area contributed by atoms with Gasteiger partial charge in [-0.05, 0) is 37.0 Å². The summed E-state index contributed by atoms with van der Waals surface area (Å²) in [5.74, 6) is 0.656. The van der Waals surface area contributed by atoms with Crippen molar-refractivity contribution >= 4 is 40.9 Å². The van der Waals surface area contributed by atoms with Crippen molar-refractivity contribution in [3.05, 3.63) is 23.2 Å². The molecule has 0 aromatic heterocycles. The zero-order chi connectivity index (χ0) is 15.7. The number of rotatable bonds is 2. The van der Waals surface area contributed by atoms with E-state index in [1.165, 1.54) is 11.8 Å². The quantitative estimate of drug-likeness (QED) is 0.899. The van der Waals surface area contributed by atoms with E-state index in [0.717, 1.165) is 36.5 Å². The van der Waals surface area contributed by atoms with Gasteiger partial charge in [0.25, 0.3) is 0 Å². The van der Waals surface area contributed by atoms with Crippen LogP contribution in [0.4, 0.5) is 5.69 Å². The van der Waals surface area contributed by atoms with Gasteiger partial charge in [-0.3, -0.25) is 9.59 Å². The van der Waals surface area contributed by atoms with Crippen LogP contribution in [0.2, 0.25) is 5.02 Å². The predicted molar refractivity (Wildman–Crippen MR) is 89.3 cm³/mol. The number of thioether (sulfide) groups is 1. The topological polar surface area (TPSA) is 49.4 Å². The zero-order valence-electron chi connectivity index (χ0n) is 12.5. The highest BCUT2D eigenvalue weighted by Crippen LogP contribution is 2.38. The standard InChI is InChI=1S/C16H19ClN2O2S/c1-10-4-6-19(7-5-10)15(20)9-14-16(21)18-12-8-11(17)2-3-13(12)22-14/h2-3,8,10,14H,4-7,9H2,1H3,(H,18,21). The van der Waals surface area contributed by atoms with Crippen LogP contribution in [0.5, 0.6) is 0 Å². The maximum absolute atomic E-state index is 12.4. The lowest BCUT2D eigenvalue weighted by molar-refractivity contribution is -0.133. The van der Waals surface area contributed by atoms with Crippen molar-refractivity contribution in [3.8, 4) is 0 Å².